The molecule has 32 heavy (non-hydrogen) atoms. The number of carbonyl (C=O) groups excluding carboxylic acids is 2. The van der Waals surface area contributed by atoms with E-state index in [-0.39, 0.29) is 24.2 Å². The van der Waals surface area contributed by atoms with Crippen molar-refractivity contribution in [1.29, 1.82) is 0 Å². The van der Waals surface area contributed by atoms with Gasteiger partial charge in [-0.15, -0.1) is 0 Å². The Morgan fingerprint density at radius 1 is 1.22 bits per heavy atom. The SMILES string of the molecule is CNC(=O)c1ccc2c(c1)[C@]1(CCO2)C[C@H]1C(=O)Nc1cc(F)ccc1CCCC(=O)O. The third-order valence-corrected chi connectivity index (χ3v) is 6.37. The Labute approximate surface area is 185 Å². The molecule has 1 spiro atoms. The first-order valence-corrected chi connectivity index (χ1v) is 10.6. The zero-order valence-electron chi connectivity index (χ0n) is 17.7. The number of hydrogen-bond acceptors (Lipinski definition) is 4. The van der Waals surface area contributed by atoms with Crippen LogP contribution in [0.3, 0.4) is 0 Å². The van der Waals surface area contributed by atoms with Crippen molar-refractivity contribution in [3.05, 3.63) is 58.9 Å². The number of aryl methyl sites for hydroxylation is 1. The molecule has 0 aromatic heterocycles. The third-order valence-electron chi connectivity index (χ3n) is 6.37. The van der Waals surface area contributed by atoms with Gasteiger partial charge in [-0.2, -0.15) is 0 Å². The van der Waals surface area contributed by atoms with Crippen LogP contribution in [-0.2, 0) is 21.4 Å². The van der Waals surface area contributed by atoms with Gasteiger partial charge in [0.25, 0.3) is 5.91 Å². The van der Waals surface area contributed by atoms with Gasteiger partial charge < -0.3 is 20.5 Å². The van der Waals surface area contributed by atoms with Gasteiger partial charge in [0, 0.05) is 41.6 Å². The molecule has 2 atom stereocenters. The summed E-state index contributed by atoms with van der Waals surface area (Å²) in [6.45, 7) is 0.483. The molecule has 2 aromatic carbocycles. The van der Waals surface area contributed by atoms with Crippen LogP contribution in [0.4, 0.5) is 10.1 Å². The van der Waals surface area contributed by atoms with Crippen molar-refractivity contribution in [2.45, 2.75) is 37.5 Å². The smallest absolute Gasteiger partial charge is 0.303 e. The normalized spacial score (nSPS) is 20.8. The third kappa shape index (κ3) is 4.17. The summed E-state index contributed by atoms with van der Waals surface area (Å²) >= 11 is 0. The molecule has 1 heterocycles. The maximum atomic E-state index is 13.9. The fourth-order valence-electron chi connectivity index (χ4n) is 4.56. The maximum absolute atomic E-state index is 13.9. The van der Waals surface area contributed by atoms with Crippen molar-refractivity contribution in [2.24, 2.45) is 5.92 Å². The molecule has 3 N–H and O–H groups in total. The minimum absolute atomic E-state index is 0.000946. The van der Waals surface area contributed by atoms with Crippen molar-refractivity contribution < 1.29 is 28.6 Å². The van der Waals surface area contributed by atoms with E-state index in [1.54, 1.807) is 31.3 Å². The van der Waals surface area contributed by atoms with E-state index in [2.05, 4.69) is 10.6 Å². The highest BCUT2D eigenvalue weighted by Gasteiger charge is 2.61. The summed E-state index contributed by atoms with van der Waals surface area (Å²) < 4.78 is 19.6. The molecule has 7 nitrogen and oxygen atoms in total. The van der Waals surface area contributed by atoms with Gasteiger partial charge in [-0.1, -0.05) is 6.07 Å². The number of nitrogens with one attached hydrogen (secondary N) is 2. The van der Waals surface area contributed by atoms with Gasteiger partial charge >= 0.3 is 5.97 Å². The highest BCUT2D eigenvalue weighted by Crippen LogP contribution is 2.61. The summed E-state index contributed by atoms with van der Waals surface area (Å²) in [7, 11) is 1.56. The van der Waals surface area contributed by atoms with E-state index in [9.17, 15) is 18.8 Å². The van der Waals surface area contributed by atoms with E-state index in [1.807, 2.05) is 0 Å². The molecule has 0 radical (unpaired) electrons. The van der Waals surface area contributed by atoms with E-state index in [1.165, 1.54) is 12.1 Å². The van der Waals surface area contributed by atoms with Gasteiger partial charge in [-0.05, 0) is 61.6 Å². The van der Waals surface area contributed by atoms with Crippen molar-refractivity contribution >= 4 is 23.5 Å². The first kappa shape index (κ1) is 21.8. The molecule has 0 unspecified atom stereocenters. The number of carboxylic acid groups (broad SMARTS) is 1. The van der Waals surface area contributed by atoms with E-state index in [4.69, 9.17) is 9.84 Å². The number of carbonyl (C=O) groups is 3. The average Bonchev–Trinajstić information content (AvgIpc) is 3.49. The zero-order valence-corrected chi connectivity index (χ0v) is 17.7. The number of halogens is 1. The minimum Gasteiger partial charge on any atom is -0.493 e. The summed E-state index contributed by atoms with van der Waals surface area (Å²) in [4.78, 5) is 36.0. The number of carboxylic acids is 1. The highest BCUT2D eigenvalue weighted by atomic mass is 19.1. The molecule has 4 rings (SSSR count). The summed E-state index contributed by atoms with van der Waals surface area (Å²) in [6.07, 6.45) is 2.09. The molecular weight excluding hydrogens is 415 g/mol. The van der Waals surface area contributed by atoms with Crippen LogP contribution in [0.25, 0.3) is 0 Å². The molecule has 168 valence electrons. The van der Waals surface area contributed by atoms with Crippen molar-refractivity contribution in [3.63, 3.8) is 0 Å². The molecule has 2 aliphatic rings. The Hall–Kier alpha value is -3.42. The molecule has 2 aromatic rings. The fourth-order valence-corrected chi connectivity index (χ4v) is 4.56. The monoisotopic (exact) mass is 440 g/mol. The molecule has 1 aliphatic heterocycles. The standard InChI is InChI=1S/C24H25FN2O5/c1-26-22(30)15-6-8-20-17(11-15)24(9-10-32-20)13-18(24)23(31)27-19-12-16(25)7-5-14(19)3-2-4-21(28)29/h5-8,11-12,18H,2-4,9-10,13H2,1H3,(H,26,30)(H,27,31)(H,28,29)/t18-,24-/m0/s1. The molecule has 2 amide bonds. The lowest BCUT2D eigenvalue weighted by atomic mass is 9.86. The van der Waals surface area contributed by atoms with Crippen LogP contribution >= 0.6 is 0 Å². The molecule has 0 saturated heterocycles. The maximum Gasteiger partial charge on any atom is 0.303 e. The molecule has 0 bridgehead atoms. The molecular formula is C24H25FN2O5. The van der Waals surface area contributed by atoms with E-state index in [0.29, 0.717) is 54.9 Å². The van der Waals surface area contributed by atoms with Gasteiger partial charge in [0.2, 0.25) is 5.91 Å². The van der Waals surface area contributed by atoms with E-state index in [0.717, 1.165) is 5.56 Å². The number of benzene rings is 2. The average molecular weight is 440 g/mol. The Morgan fingerprint density at radius 3 is 2.78 bits per heavy atom. The number of amides is 2. The number of fused-ring (bicyclic) bond motifs is 2. The van der Waals surface area contributed by atoms with Crippen LogP contribution in [0.5, 0.6) is 5.75 Å². The Bertz CT molecular complexity index is 1090. The predicted molar refractivity (Wildman–Crippen MR) is 115 cm³/mol. The number of aliphatic carboxylic acids is 1. The van der Waals surface area contributed by atoms with Crippen LogP contribution in [0.2, 0.25) is 0 Å². The quantitative estimate of drug-likeness (QED) is 0.613. The van der Waals surface area contributed by atoms with Crippen LogP contribution in [0, 0.1) is 11.7 Å². The predicted octanol–water partition coefficient (Wildman–Crippen LogP) is 3.27. The van der Waals surface area contributed by atoms with Gasteiger partial charge in [-0.3, -0.25) is 14.4 Å². The lowest BCUT2D eigenvalue weighted by molar-refractivity contribution is -0.137. The molecule has 1 saturated carbocycles. The van der Waals surface area contributed by atoms with E-state index < -0.39 is 17.2 Å². The number of ether oxygens (including phenoxy) is 1. The van der Waals surface area contributed by atoms with E-state index >= 15 is 0 Å². The Balaban J connectivity index is 1.54. The first-order chi connectivity index (χ1) is 15.3. The van der Waals surface area contributed by atoms with Crippen LogP contribution in [-0.4, -0.2) is 36.5 Å². The topological polar surface area (TPSA) is 105 Å². The summed E-state index contributed by atoms with van der Waals surface area (Å²) in [5, 5.41) is 14.3. The molecule has 1 fully saturated rings. The van der Waals surface area contributed by atoms with Gasteiger partial charge in [0.05, 0.1) is 6.61 Å². The Morgan fingerprint density at radius 2 is 2.03 bits per heavy atom. The second kappa shape index (κ2) is 8.61. The number of rotatable bonds is 7. The largest absolute Gasteiger partial charge is 0.493 e. The second-order valence-corrected chi connectivity index (χ2v) is 8.34. The first-order valence-electron chi connectivity index (χ1n) is 10.6. The van der Waals surface area contributed by atoms with Crippen LogP contribution in [0.15, 0.2) is 36.4 Å². The summed E-state index contributed by atoms with van der Waals surface area (Å²) in [5.41, 5.74) is 2.02. The number of hydrogen-bond donors (Lipinski definition) is 3. The highest BCUT2D eigenvalue weighted by molar-refractivity contribution is 5.98. The van der Waals surface area contributed by atoms with Crippen LogP contribution in [0.1, 0.15) is 47.2 Å². The minimum atomic E-state index is -0.896. The number of anilines is 1. The fraction of sp³-hybridized carbons (Fsp3) is 0.375. The zero-order chi connectivity index (χ0) is 22.9. The van der Waals surface area contributed by atoms with Crippen molar-refractivity contribution in [1.82, 2.24) is 5.32 Å². The van der Waals surface area contributed by atoms with Crippen molar-refractivity contribution in [2.75, 3.05) is 19.0 Å². The summed E-state index contributed by atoms with van der Waals surface area (Å²) in [6, 6.07) is 9.41. The lowest BCUT2D eigenvalue weighted by Gasteiger charge is -2.27. The van der Waals surface area contributed by atoms with Crippen molar-refractivity contribution in [3.8, 4) is 5.75 Å². The van der Waals surface area contributed by atoms with Gasteiger partial charge in [0.1, 0.15) is 11.6 Å². The molecule has 8 heteroatoms. The second-order valence-electron chi connectivity index (χ2n) is 8.34. The summed E-state index contributed by atoms with van der Waals surface area (Å²) in [5.74, 6) is -1.43. The van der Waals surface area contributed by atoms with Gasteiger partial charge in [-0.25, -0.2) is 4.39 Å². The van der Waals surface area contributed by atoms with Gasteiger partial charge in [0.15, 0.2) is 0 Å². The molecule has 1 aliphatic carbocycles. The Kier molecular flexibility index (Phi) is 5.86. The lowest BCUT2D eigenvalue weighted by Crippen LogP contribution is -2.28. The van der Waals surface area contributed by atoms with Crippen LogP contribution < -0.4 is 15.4 Å².